The molecule has 2 aromatic heterocycles. The molecule has 8 nitrogen and oxygen atoms in total. The number of carbonyl (C=O) groups excluding carboxylic acids is 1. The van der Waals surface area contributed by atoms with Crippen molar-refractivity contribution in [3.8, 4) is 28.5 Å². The van der Waals surface area contributed by atoms with E-state index in [1.54, 1.807) is 6.07 Å². The van der Waals surface area contributed by atoms with Gasteiger partial charge in [0.25, 0.3) is 5.91 Å². The summed E-state index contributed by atoms with van der Waals surface area (Å²) in [4.78, 5) is 17.1. The topological polar surface area (TPSA) is 86.1 Å². The van der Waals surface area contributed by atoms with E-state index in [1.165, 1.54) is 19.2 Å². The quantitative estimate of drug-likeness (QED) is 0.282. The number of pyridine rings is 1. The Morgan fingerprint density at radius 2 is 1.97 bits per heavy atom. The van der Waals surface area contributed by atoms with E-state index in [-0.39, 0.29) is 11.7 Å². The summed E-state index contributed by atoms with van der Waals surface area (Å²) in [5.74, 6) is 0.933. The summed E-state index contributed by atoms with van der Waals surface area (Å²) < 4.78 is 33.0. The van der Waals surface area contributed by atoms with E-state index in [2.05, 4.69) is 10.6 Å². The molecule has 39 heavy (non-hydrogen) atoms. The van der Waals surface area contributed by atoms with Gasteiger partial charge in [-0.05, 0) is 62.4 Å². The average Bonchev–Trinajstić information content (AvgIpc) is 3.36. The molecule has 1 aliphatic heterocycles. The monoisotopic (exact) mass is 532 g/mol. The van der Waals surface area contributed by atoms with E-state index in [1.807, 2.05) is 54.9 Å². The van der Waals surface area contributed by atoms with Gasteiger partial charge >= 0.3 is 0 Å². The van der Waals surface area contributed by atoms with Crippen LogP contribution in [-0.4, -0.2) is 48.7 Å². The van der Waals surface area contributed by atoms with Crippen molar-refractivity contribution in [3.63, 3.8) is 0 Å². The Kier molecular flexibility index (Phi) is 7.97. The number of benzene rings is 2. The first-order valence-electron chi connectivity index (χ1n) is 13.2. The van der Waals surface area contributed by atoms with Gasteiger partial charge in [0.15, 0.2) is 17.2 Å². The normalized spacial score (nSPS) is 13.8. The van der Waals surface area contributed by atoms with Crippen LogP contribution < -0.4 is 20.1 Å². The number of hydrogen-bond donors (Lipinski definition) is 2. The Hall–Kier alpha value is -4.11. The minimum Gasteiger partial charge on any atom is -0.494 e. The summed E-state index contributed by atoms with van der Waals surface area (Å²) >= 11 is 0. The summed E-state index contributed by atoms with van der Waals surface area (Å²) in [6, 6.07) is 12.1. The van der Waals surface area contributed by atoms with Crippen LogP contribution in [0.5, 0.6) is 17.2 Å². The van der Waals surface area contributed by atoms with Crippen molar-refractivity contribution in [2.45, 2.75) is 26.7 Å². The molecule has 3 heterocycles. The summed E-state index contributed by atoms with van der Waals surface area (Å²) in [6.07, 6.45) is 5.65. The zero-order valence-corrected chi connectivity index (χ0v) is 22.4. The number of nitrogens with zero attached hydrogens (tertiary/aromatic N) is 2. The van der Waals surface area contributed by atoms with Crippen LogP contribution in [0, 0.1) is 18.7 Å². The first-order chi connectivity index (χ1) is 19.0. The molecule has 0 atom stereocenters. The van der Waals surface area contributed by atoms with Crippen molar-refractivity contribution in [3.05, 3.63) is 71.8 Å². The smallest absolute Gasteiger partial charge is 0.251 e. The van der Waals surface area contributed by atoms with Gasteiger partial charge in [0.05, 0.1) is 30.9 Å². The molecular formula is C30H33FN4O4. The highest BCUT2D eigenvalue weighted by atomic mass is 19.1. The van der Waals surface area contributed by atoms with E-state index in [0.29, 0.717) is 29.5 Å². The number of nitrogens with one attached hydrogen (secondary N) is 2. The van der Waals surface area contributed by atoms with Gasteiger partial charge < -0.3 is 24.8 Å². The molecule has 9 heteroatoms. The molecule has 5 rings (SSSR count). The van der Waals surface area contributed by atoms with Crippen LogP contribution in [-0.2, 0) is 4.74 Å². The van der Waals surface area contributed by atoms with Gasteiger partial charge in [0, 0.05) is 49.6 Å². The predicted molar refractivity (Wildman–Crippen MR) is 148 cm³/mol. The fraction of sp³-hybridized carbons (Fsp3) is 0.333. The Bertz CT molecular complexity index is 1480. The van der Waals surface area contributed by atoms with Crippen molar-refractivity contribution in [2.24, 2.45) is 5.92 Å². The first kappa shape index (κ1) is 26.5. The number of imidazole rings is 1. The maximum absolute atomic E-state index is 14.4. The van der Waals surface area contributed by atoms with Crippen molar-refractivity contribution in [2.75, 3.05) is 38.7 Å². The van der Waals surface area contributed by atoms with Crippen LogP contribution in [0.3, 0.4) is 0 Å². The minimum absolute atomic E-state index is 0.0956. The van der Waals surface area contributed by atoms with Gasteiger partial charge in [-0.2, -0.15) is 0 Å². The second-order valence-electron chi connectivity index (χ2n) is 9.65. The lowest BCUT2D eigenvalue weighted by molar-refractivity contribution is 0.0699. The summed E-state index contributed by atoms with van der Waals surface area (Å²) in [7, 11) is 1.42. The highest BCUT2D eigenvalue weighted by Gasteiger charge is 2.18. The number of halogens is 1. The lowest BCUT2D eigenvalue weighted by Gasteiger charge is -2.23. The van der Waals surface area contributed by atoms with Gasteiger partial charge in [-0.25, -0.2) is 9.37 Å². The number of hydrogen-bond acceptors (Lipinski definition) is 6. The fourth-order valence-electron chi connectivity index (χ4n) is 4.85. The largest absolute Gasteiger partial charge is 0.494 e. The third-order valence-electron chi connectivity index (χ3n) is 6.97. The third-order valence-corrected chi connectivity index (χ3v) is 6.97. The Labute approximate surface area is 227 Å². The molecular weight excluding hydrogens is 499 g/mol. The maximum Gasteiger partial charge on any atom is 0.251 e. The van der Waals surface area contributed by atoms with Crippen LogP contribution in [0.4, 0.5) is 10.1 Å². The number of aryl methyl sites for hydroxylation is 1. The zero-order chi connectivity index (χ0) is 27.4. The van der Waals surface area contributed by atoms with Crippen molar-refractivity contribution in [1.82, 2.24) is 14.7 Å². The molecule has 2 N–H and O–H groups in total. The predicted octanol–water partition coefficient (Wildman–Crippen LogP) is 5.84. The van der Waals surface area contributed by atoms with E-state index in [0.717, 1.165) is 60.8 Å². The van der Waals surface area contributed by atoms with Gasteiger partial charge in [0.1, 0.15) is 11.5 Å². The lowest BCUT2D eigenvalue weighted by Crippen LogP contribution is -2.23. The van der Waals surface area contributed by atoms with Crippen molar-refractivity contribution >= 4 is 17.2 Å². The molecule has 204 valence electrons. The Balaban J connectivity index is 1.52. The van der Waals surface area contributed by atoms with Crippen LogP contribution in [0.15, 0.2) is 54.9 Å². The van der Waals surface area contributed by atoms with Crippen LogP contribution in [0.1, 0.15) is 35.7 Å². The van der Waals surface area contributed by atoms with Gasteiger partial charge in [-0.15, -0.1) is 0 Å². The number of methoxy groups -OCH3 is 1. The molecule has 0 radical (unpaired) electrons. The highest BCUT2D eigenvalue weighted by molar-refractivity contribution is 5.96. The van der Waals surface area contributed by atoms with E-state index in [4.69, 9.17) is 19.2 Å². The molecule has 0 saturated carbocycles. The fourth-order valence-corrected chi connectivity index (χ4v) is 4.85. The number of amides is 1. The molecule has 4 aromatic rings. The van der Waals surface area contributed by atoms with E-state index in [9.17, 15) is 9.18 Å². The molecule has 0 spiro atoms. The number of aromatic nitrogens is 2. The molecule has 0 unspecified atom stereocenters. The van der Waals surface area contributed by atoms with Gasteiger partial charge in [-0.1, -0.05) is 6.07 Å². The molecule has 1 saturated heterocycles. The third kappa shape index (κ3) is 5.83. The van der Waals surface area contributed by atoms with Gasteiger partial charge in [0.2, 0.25) is 0 Å². The number of rotatable bonds is 9. The molecule has 0 bridgehead atoms. The Morgan fingerprint density at radius 3 is 2.69 bits per heavy atom. The molecule has 2 aromatic carbocycles. The number of anilines is 1. The second-order valence-corrected chi connectivity index (χ2v) is 9.65. The SMILES string of the molecule is CCNC(=O)c1ccc(-c2cnc3c(NCC4CCOCC4)cc(Oc4ccc(OC)c(F)c4)cn23)cc1C. The average molecular weight is 533 g/mol. The van der Waals surface area contributed by atoms with Crippen molar-refractivity contribution < 1.29 is 23.4 Å². The van der Waals surface area contributed by atoms with Crippen LogP contribution >= 0.6 is 0 Å². The zero-order valence-electron chi connectivity index (χ0n) is 22.4. The lowest BCUT2D eigenvalue weighted by atomic mass is 10.0. The number of fused-ring (bicyclic) bond motifs is 1. The molecule has 1 aliphatic rings. The number of ether oxygens (including phenoxy) is 3. The maximum atomic E-state index is 14.4. The first-order valence-corrected chi connectivity index (χ1v) is 13.2. The van der Waals surface area contributed by atoms with Crippen LogP contribution in [0.2, 0.25) is 0 Å². The highest BCUT2D eigenvalue weighted by Crippen LogP contribution is 2.33. The van der Waals surface area contributed by atoms with Gasteiger partial charge in [-0.3, -0.25) is 9.20 Å². The standard InChI is InChI=1S/C30H33FN4O4/c1-4-32-30(36)24-7-5-21(13-19(24)2)27-17-34-29-26(33-16-20-9-11-38-12-10-20)15-23(18-35(27)29)39-22-6-8-28(37-3)25(31)14-22/h5-8,13-15,17-18,20,33H,4,9-12,16H2,1-3H3,(H,32,36). The minimum atomic E-state index is -0.500. The summed E-state index contributed by atoms with van der Waals surface area (Å²) in [5, 5.41) is 6.41. The van der Waals surface area contributed by atoms with Crippen molar-refractivity contribution in [1.29, 1.82) is 0 Å². The summed E-state index contributed by atoms with van der Waals surface area (Å²) in [6.45, 7) is 6.71. The Morgan fingerprint density at radius 1 is 1.15 bits per heavy atom. The molecule has 1 fully saturated rings. The number of carbonyl (C=O) groups is 1. The second kappa shape index (κ2) is 11.7. The van der Waals surface area contributed by atoms with Crippen LogP contribution in [0.25, 0.3) is 16.9 Å². The van der Waals surface area contributed by atoms with E-state index < -0.39 is 5.82 Å². The summed E-state index contributed by atoms with van der Waals surface area (Å²) in [5.41, 5.74) is 4.82. The molecule has 1 amide bonds. The molecule has 0 aliphatic carbocycles. The van der Waals surface area contributed by atoms with E-state index >= 15 is 0 Å².